The van der Waals surface area contributed by atoms with Gasteiger partial charge in [0, 0.05) is 18.5 Å². The van der Waals surface area contributed by atoms with E-state index in [-0.39, 0.29) is 4.90 Å². The highest BCUT2D eigenvalue weighted by Crippen LogP contribution is 2.20. The molecule has 2 rings (SSSR count). The number of thiophene rings is 1. The average Bonchev–Trinajstić information content (AvgIpc) is 2.97. The predicted molar refractivity (Wildman–Crippen MR) is 83.7 cm³/mol. The number of sulfonamides is 1. The minimum absolute atomic E-state index is 0.259. The van der Waals surface area contributed by atoms with Gasteiger partial charge in [0.05, 0.1) is 16.5 Å². The number of likely N-dealkylation sites (N-methyl/N-ethyl adjacent to an activating group) is 1. The quantitative estimate of drug-likeness (QED) is 0.851. The molecule has 4 nitrogen and oxygen atoms in total. The van der Waals surface area contributed by atoms with E-state index in [4.69, 9.17) is 5.26 Å². The summed E-state index contributed by atoms with van der Waals surface area (Å²) >= 11 is 1.62. The molecule has 2 aromatic rings. The van der Waals surface area contributed by atoms with Crippen LogP contribution in [0.25, 0.3) is 0 Å². The fraction of sp³-hybridized carbons (Fsp3) is 0.267. The molecule has 1 aromatic heterocycles. The van der Waals surface area contributed by atoms with E-state index in [1.807, 2.05) is 23.6 Å². The predicted octanol–water partition coefficient (Wildman–Crippen LogP) is 2.79. The summed E-state index contributed by atoms with van der Waals surface area (Å²) < 4.78 is 26.5. The second kappa shape index (κ2) is 6.39. The summed E-state index contributed by atoms with van der Waals surface area (Å²) in [5, 5.41) is 10.8. The number of nitriles is 1. The average molecular weight is 320 g/mol. The lowest BCUT2D eigenvalue weighted by Crippen LogP contribution is -2.29. The van der Waals surface area contributed by atoms with Gasteiger partial charge in [-0.15, -0.1) is 11.3 Å². The lowest BCUT2D eigenvalue weighted by molar-refractivity contribution is 0.473. The Morgan fingerprint density at radius 3 is 2.67 bits per heavy atom. The zero-order chi connectivity index (χ0) is 15.5. The largest absolute Gasteiger partial charge is 0.243 e. The summed E-state index contributed by atoms with van der Waals surface area (Å²) in [5.41, 5.74) is 1.06. The molecule has 0 spiro atoms. The Balaban J connectivity index is 2.19. The van der Waals surface area contributed by atoms with E-state index in [9.17, 15) is 8.42 Å². The Hall–Kier alpha value is -1.68. The van der Waals surface area contributed by atoms with Gasteiger partial charge in [-0.3, -0.25) is 0 Å². The lowest BCUT2D eigenvalue weighted by Gasteiger charge is -2.18. The molecule has 110 valence electrons. The summed E-state index contributed by atoms with van der Waals surface area (Å²) in [5.74, 6) is 0. The van der Waals surface area contributed by atoms with Crippen LogP contribution in [0.15, 0.2) is 40.6 Å². The fourth-order valence-electron chi connectivity index (χ4n) is 2.02. The Kier molecular flexibility index (Phi) is 4.78. The number of benzene rings is 1. The highest BCUT2D eigenvalue weighted by Gasteiger charge is 2.22. The monoisotopic (exact) mass is 320 g/mol. The first-order valence-corrected chi connectivity index (χ1v) is 8.76. The minimum atomic E-state index is -3.52. The summed E-state index contributed by atoms with van der Waals surface area (Å²) in [7, 11) is -1.94. The van der Waals surface area contributed by atoms with Gasteiger partial charge in [0.25, 0.3) is 0 Å². The molecule has 0 amide bonds. The lowest BCUT2D eigenvalue weighted by atomic mass is 10.2. The molecule has 0 saturated carbocycles. The van der Waals surface area contributed by atoms with Crippen molar-refractivity contribution >= 4 is 21.4 Å². The van der Waals surface area contributed by atoms with Gasteiger partial charge >= 0.3 is 0 Å². The van der Waals surface area contributed by atoms with Gasteiger partial charge in [-0.25, -0.2) is 12.7 Å². The van der Waals surface area contributed by atoms with Crippen molar-refractivity contribution < 1.29 is 8.42 Å². The third-order valence-electron chi connectivity index (χ3n) is 3.25. The molecule has 0 bridgehead atoms. The number of nitrogens with zero attached hydrogens (tertiary/aromatic N) is 2. The van der Waals surface area contributed by atoms with E-state index < -0.39 is 10.0 Å². The number of hydrogen-bond donors (Lipinski definition) is 0. The second-order valence-electron chi connectivity index (χ2n) is 4.75. The number of hydrogen-bond acceptors (Lipinski definition) is 4. The fourth-order valence-corrected chi connectivity index (χ4v) is 4.09. The highest BCUT2D eigenvalue weighted by molar-refractivity contribution is 7.89. The summed E-state index contributed by atoms with van der Waals surface area (Å²) in [6.07, 6.45) is 0.697. The first kappa shape index (κ1) is 15.7. The van der Waals surface area contributed by atoms with Crippen LogP contribution in [-0.4, -0.2) is 26.3 Å². The van der Waals surface area contributed by atoms with Crippen molar-refractivity contribution in [3.8, 4) is 6.07 Å². The van der Waals surface area contributed by atoms with Crippen LogP contribution in [0, 0.1) is 18.3 Å². The van der Waals surface area contributed by atoms with Crippen LogP contribution in [0.4, 0.5) is 0 Å². The molecule has 1 aromatic carbocycles. The van der Waals surface area contributed by atoms with Crippen LogP contribution in [0.3, 0.4) is 0 Å². The van der Waals surface area contributed by atoms with Gasteiger partial charge in [0.1, 0.15) is 0 Å². The first-order chi connectivity index (χ1) is 9.95. The van der Waals surface area contributed by atoms with Crippen LogP contribution in [-0.2, 0) is 16.4 Å². The molecule has 0 radical (unpaired) electrons. The van der Waals surface area contributed by atoms with Gasteiger partial charge < -0.3 is 0 Å². The molecule has 0 aliphatic carbocycles. The topological polar surface area (TPSA) is 61.2 Å². The molecule has 0 aliphatic heterocycles. The Morgan fingerprint density at radius 1 is 1.33 bits per heavy atom. The minimum Gasteiger partial charge on any atom is -0.207 e. The van der Waals surface area contributed by atoms with Crippen LogP contribution in [0.2, 0.25) is 0 Å². The Bertz CT molecular complexity index is 759. The SMILES string of the molecule is Cc1cc(C#N)ccc1S(=O)(=O)N(C)CCc1cccs1. The zero-order valence-corrected chi connectivity index (χ0v) is 13.5. The van der Waals surface area contributed by atoms with Crippen molar-refractivity contribution in [3.05, 3.63) is 51.7 Å². The molecule has 0 N–H and O–H groups in total. The molecule has 0 unspecified atom stereocenters. The van der Waals surface area contributed by atoms with E-state index in [2.05, 4.69) is 0 Å². The zero-order valence-electron chi connectivity index (χ0n) is 11.9. The standard InChI is InChI=1S/C15H16N2O2S2/c1-12-10-13(11-16)5-6-15(12)21(18,19)17(2)8-7-14-4-3-9-20-14/h3-6,9-10H,7-8H2,1-2H3. The summed E-state index contributed by atoms with van der Waals surface area (Å²) in [6, 6.07) is 10.6. The maximum Gasteiger partial charge on any atom is 0.243 e. The summed E-state index contributed by atoms with van der Waals surface area (Å²) in [6.45, 7) is 2.14. The molecule has 0 fully saturated rings. The molecule has 0 aliphatic rings. The van der Waals surface area contributed by atoms with Crippen molar-refractivity contribution in [3.63, 3.8) is 0 Å². The molecule has 6 heteroatoms. The van der Waals surface area contributed by atoms with Gasteiger partial charge in [0.15, 0.2) is 0 Å². The van der Waals surface area contributed by atoms with Gasteiger partial charge in [0.2, 0.25) is 10.0 Å². The molecule has 0 atom stereocenters. The third kappa shape index (κ3) is 3.50. The summed E-state index contributed by atoms with van der Waals surface area (Å²) in [4.78, 5) is 1.42. The molecular weight excluding hydrogens is 304 g/mol. The van der Waals surface area contributed by atoms with Gasteiger partial charge in [-0.1, -0.05) is 6.07 Å². The Morgan fingerprint density at radius 2 is 2.10 bits per heavy atom. The number of rotatable bonds is 5. The van der Waals surface area contributed by atoms with Crippen molar-refractivity contribution in [1.82, 2.24) is 4.31 Å². The van der Waals surface area contributed by atoms with Gasteiger partial charge in [-0.2, -0.15) is 5.26 Å². The van der Waals surface area contributed by atoms with Crippen LogP contribution < -0.4 is 0 Å². The third-order valence-corrected chi connectivity index (χ3v) is 6.20. The Labute approximate surface area is 129 Å². The van der Waals surface area contributed by atoms with Crippen molar-refractivity contribution in [1.29, 1.82) is 5.26 Å². The van der Waals surface area contributed by atoms with Crippen LogP contribution in [0.1, 0.15) is 16.0 Å². The van der Waals surface area contributed by atoms with E-state index >= 15 is 0 Å². The molecular formula is C15H16N2O2S2. The molecule has 21 heavy (non-hydrogen) atoms. The number of aryl methyl sites for hydroxylation is 1. The van der Waals surface area contributed by atoms with E-state index in [1.165, 1.54) is 16.4 Å². The van der Waals surface area contributed by atoms with Crippen molar-refractivity contribution in [2.45, 2.75) is 18.2 Å². The normalized spacial score (nSPS) is 11.5. The van der Waals surface area contributed by atoms with Crippen molar-refractivity contribution in [2.24, 2.45) is 0 Å². The highest BCUT2D eigenvalue weighted by atomic mass is 32.2. The first-order valence-electron chi connectivity index (χ1n) is 6.44. The van der Waals surface area contributed by atoms with Crippen LogP contribution in [0.5, 0.6) is 0 Å². The molecule has 0 saturated heterocycles. The molecule has 1 heterocycles. The van der Waals surface area contributed by atoms with E-state index in [0.29, 0.717) is 24.1 Å². The smallest absolute Gasteiger partial charge is 0.207 e. The van der Waals surface area contributed by atoms with E-state index in [0.717, 1.165) is 4.88 Å². The van der Waals surface area contributed by atoms with E-state index in [1.54, 1.807) is 31.4 Å². The maximum absolute atomic E-state index is 12.6. The maximum atomic E-state index is 12.6. The van der Waals surface area contributed by atoms with Gasteiger partial charge in [-0.05, 0) is 48.6 Å². The van der Waals surface area contributed by atoms with Crippen LogP contribution >= 0.6 is 11.3 Å². The second-order valence-corrected chi connectivity index (χ2v) is 7.79. The van der Waals surface area contributed by atoms with Crippen molar-refractivity contribution in [2.75, 3.05) is 13.6 Å².